The van der Waals surface area contributed by atoms with Crippen LogP contribution in [-0.2, 0) is 11.2 Å². The molecule has 1 amide bonds. The highest BCUT2D eigenvalue weighted by atomic mass is 16.1. The van der Waals surface area contributed by atoms with Crippen molar-refractivity contribution in [2.75, 3.05) is 13.1 Å². The van der Waals surface area contributed by atoms with E-state index in [1.54, 1.807) is 0 Å². The number of rotatable bonds is 6. The van der Waals surface area contributed by atoms with Gasteiger partial charge in [0, 0.05) is 13.0 Å². The van der Waals surface area contributed by atoms with Crippen LogP contribution in [0.4, 0.5) is 0 Å². The third-order valence-corrected chi connectivity index (χ3v) is 3.81. The lowest BCUT2D eigenvalue weighted by Gasteiger charge is -2.13. The van der Waals surface area contributed by atoms with Crippen molar-refractivity contribution in [3.8, 4) is 0 Å². The Morgan fingerprint density at radius 3 is 2.56 bits per heavy atom. The van der Waals surface area contributed by atoms with Crippen molar-refractivity contribution in [1.82, 2.24) is 5.32 Å². The van der Waals surface area contributed by atoms with E-state index in [2.05, 4.69) is 36.5 Å². The minimum absolute atomic E-state index is 0.135. The van der Waals surface area contributed by atoms with Crippen molar-refractivity contribution in [3.05, 3.63) is 35.4 Å². The summed E-state index contributed by atoms with van der Waals surface area (Å²) in [5.74, 6) is 0.135. The van der Waals surface area contributed by atoms with E-state index in [9.17, 15) is 4.79 Å². The smallest absolute Gasteiger partial charge is 0.220 e. The molecule has 3 heteroatoms. The second-order valence-corrected chi connectivity index (χ2v) is 5.47. The molecule has 0 radical (unpaired) electrons. The monoisotopic (exact) mass is 246 g/mol. The Hall–Kier alpha value is -1.35. The van der Waals surface area contributed by atoms with Crippen molar-refractivity contribution in [2.45, 2.75) is 32.6 Å². The number of benzene rings is 1. The first kappa shape index (κ1) is 13.1. The molecule has 1 aromatic carbocycles. The van der Waals surface area contributed by atoms with Crippen LogP contribution < -0.4 is 11.1 Å². The summed E-state index contributed by atoms with van der Waals surface area (Å²) in [6.07, 6.45) is 3.68. The van der Waals surface area contributed by atoms with Crippen LogP contribution in [-0.4, -0.2) is 19.0 Å². The normalized spacial score (nSPS) is 16.3. The summed E-state index contributed by atoms with van der Waals surface area (Å²) in [5, 5.41) is 3.00. The average Bonchev–Trinajstić information content (AvgIpc) is 3.16. The molecule has 3 N–H and O–H groups in total. The first-order valence-corrected chi connectivity index (χ1v) is 6.66. The number of nitrogens with one attached hydrogen (secondary N) is 1. The van der Waals surface area contributed by atoms with Crippen LogP contribution in [0.25, 0.3) is 0 Å². The van der Waals surface area contributed by atoms with Gasteiger partial charge in [-0.25, -0.2) is 0 Å². The van der Waals surface area contributed by atoms with E-state index in [-0.39, 0.29) is 11.3 Å². The molecule has 98 valence electrons. The van der Waals surface area contributed by atoms with Gasteiger partial charge in [-0.2, -0.15) is 0 Å². The van der Waals surface area contributed by atoms with Gasteiger partial charge in [0.15, 0.2) is 0 Å². The van der Waals surface area contributed by atoms with Gasteiger partial charge in [0.2, 0.25) is 5.91 Å². The Bertz CT molecular complexity index is 407. The first-order valence-electron chi connectivity index (χ1n) is 6.66. The average molecular weight is 246 g/mol. The number of hydrogen-bond acceptors (Lipinski definition) is 2. The topological polar surface area (TPSA) is 55.1 Å². The van der Waals surface area contributed by atoms with Crippen LogP contribution in [0.15, 0.2) is 24.3 Å². The molecular formula is C15H22N2O. The second kappa shape index (κ2) is 5.53. The van der Waals surface area contributed by atoms with Crippen molar-refractivity contribution in [2.24, 2.45) is 11.1 Å². The van der Waals surface area contributed by atoms with Crippen LogP contribution in [0.5, 0.6) is 0 Å². The number of carbonyl (C=O) groups excluding carboxylic acids is 1. The van der Waals surface area contributed by atoms with E-state index in [1.165, 1.54) is 11.1 Å². The van der Waals surface area contributed by atoms with E-state index < -0.39 is 0 Å². The first-order chi connectivity index (χ1) is 8.63. The Kier molecular flexibility index (Phi) is 4.02. The molecule has 3 nitrogen and oxygen atoms in total. The molecule has 0 saturated heterocycles. The molecule has 18 heavy (non-hydrogen) atoms. The van der Waals surface area contributed by atoms with Gasteiger partial charge in [-0.1, -0.05) is 29.8 Å². The van der Waals surface area contributed by atoms with Crippen molar-refractivity contribution in [3.63, 3.8) is 0 Å². The minimum atomic E-state index is 0.135. The van der Waals surface area contributed by atoms with Gasteiger partial charge in [-0.05, 0) is 43.7 Å². The summed E-state index contributed by atoms with van der Waals surface area (Å²) >= 11 is 0. The molecule has 1 aliphatic carbocycles. The number of aryl methyl sites for hydroxylation is 2. The van der Waals surface area contributed by atoms with Gasteiger partial charge < -0.3 is 11.1 Å². The van der Waals surface area contributed by atoms with E-state index in [0.717, 1.165) is 25.8 Å². The van der Waals surface area contributed by atoms with Crippen LogP contribution >= 0.6 is 0 Å². The Morgan fingerprint density at radius 2 is 2.00 bits per heavy atom. The molecular weight excluding hydrogens is 224 g/mol. The van der Waals surface area contributed by atoms with Crippen molar-refractivity contribution in [1.29, 1.82) is 0 Å². The molecule has 0 aromatic heterocycles. The zero-order valence-corrected chi connectivity index (χ0v) is 11.0. The quantitative estimate of drug-likeness (QED) is 0.804. The highest BCUT2D eigenvalue weighted by Gasteiger charge is 2.41. The molecule has 0 aliphatic heterocycles. The zero-order valence-electron chi connectivity index (χ0n) is 11.0. The SMILES string of the molecule is Cc1ccc(CCC(=O)NCC2(CN)CC2)cc1. The predicted octanol–water partition coefficient (Wildman–Crippen LogP) is 1.78. The Balaban J connectivity index is 1.70. The predicted molar refractivity (Wildman–Crippen MR) is 73.2 cm³/mol. The largest absolute Gasteiger partial charge is 0.355 e. The molecule has 1 fully saturated rings. The molecule has 2 rings (SSSR count). The number of hydrogen-bond donors (Lipinski definition) is 2. The highest BCUT2D eigenvalue weighted by molar-refractivity contribution is 5.76. The molecule has 0 bridgehead atoms. The Morgan fingerprint density at radius 1 is 1.33 bits per heavy atom. The fourth-order valence-electron chi connectivity index (χ4n) is 2.02. The molecule has 1 aromatic rings. The number of amides is 1. The zero-order chi connectivity index (χ0) is 13.0. The fourth-order valence-corrected chi connectivity index (χ4v) is 2.02. The van der Waals surface area contributed by atoms with Gasteiger partial charge in [0.25, 0.3) is 0 Å². The number of nitrogens with two attached hydrogens (primary N) is 1. The van der Waals surface area contributed by atoms with E-state index in [0.29, 0.717) is 13.0 Å². The standard InChI is InChI=1S/C15H22N2O/c1-12-2-4-13(5-3-12)6-7-14(18)17-11-15(10-16)8-9-15/h2-5H,6-11,16H2,1H3,(H,17,18). The number of carbonyl (C=O) groups is 1. The summed E-state index contributed by atoms with van der Waals surface area (Å²) in [6, 6.07) is 8.34. The van der Waals surface area contributed by atoms with E-state index in [1.807, 2.05) is 0 Å². The van der Waals surface area contributed by atoms with Gasteiger partial charge in [-0.3, -0.25) is 4.79 Å². The maximum absolute atomic E-state index is 11.7. The molecule has 0 spiro atoms. The van der Waals surface area contributed by atoms with Crippen molar-refractivity contribution < 1.29 is 4.79 Å². The van der Waals surface area contributed by atoms with Crippen LogP contribution in [0, 0.1) is 12.3 Å². The molecule has 1 aliphatic rings. The summed E-state index contributed by atoms with van der Waals surface area (Å²) in [7, 11) is 0. The lowest BCUT2D eigenvalue weighted by Crippen LogP contribution is -2.33. The van der Waals surface area contributed by atoms with Gasteiger partial charge in [0.05, 0.1) is 0 Å². The second-order valence-electron chi connectivity index (χ2n) is 5.47. The molecule has 0 heterocycles. The van der Waals surface area contributed by atoms with Gasteiger partial charge >= 0.3 is 0 Å². The lowest BCUT2D eigenvalue weighted by atomic mass is 10.1. The fraction of sp³-hybridized carbons (Fsp3) is 0.533. The van der Waals surface area contributed by atoms with Crippen LogP contribution in [0.3, 0.4) is 0 Å². The van der Waals surface area contributed by atoms with Crippen LogP contribution in [0.1, 0.15) is 30.4 Å². The van der Waals surface area contributed by atoms with E-state index in [4.69, 9.17) is 5.73 Å². The summed E-state index contributed by atoms with van der Waals surface area (Å²) in [5.41, 5.74) is 8.37. The minimum Gasteiger partial charge on any atom is -0.355 e. The summed E-state index contributed by atoms with van der Waals surface area (Å²) < 4.78 is 0. The third kappa shape index (κ3) is 3.57. The summed E-state index contributed by atoms with van der Waals surface area (Å²) in [6.45, 7) is 3.50. The summed E-state index contributed by atoms with van der Waals surface area (Å²) in [4.78, 5) is 11.7. The van der Waals surface area contributed by atoms with Crippen LogP contribution in [0.2, 0.25) is 0 Å². The molecule has 1 saturated carbocycles. The maximum Gasteiger partial charge on any atom is 0.220 e. The third-order valence-electron chi connectivity index (χ3n) is 3.81. The molecule has 0 unspecified atom stereocenters. The molecule has 0 atom stereocenters. The van der Waals surface area contributed by atoms with E-state index >= 15 is 0 Å². The van der Waals surface area contributed by atoms with Crippen molar-refractivity contribution >= 4 is 5.91 Å². The lowest BCUT2D eigenvalue weighted by molar-refractivity contribution is -0.121. The van der Waals surface area contributed by atoms with Gasteiger partial charge in [-0.15, -0.1) is 0 Å². The maximum atomic E-state index is 11.7. The Labute approximate surface area is 109 Å². The van der Waals surface area contributed by atoms with Gasteiger partial charge in [0.1, 0.15) is 0 Å². The highest BCUT2D eigenvalue weighted by Crippen LogP contribution is 2.43.